The first-order valence-electron chi connectivity index (χ1n) is 14.9. The minimum Gasteiger partial charge on any atom is -0.495 e. The summed E-state index contributed by atoms with van der Waals surface area (Å²) in [6.45, 7) is 2.94. The zero-order valence-electron chi connectivity index (χ0n) is 26.2. The summed E-state index contributed by atoms with van der Waals surface area (Å²) in [7, 11) is -2.96. The number of rotatable bonds is 14. The van der Waals surface area contributed by atoms with Gasteiger partial charge in [-0.05, 0) is 61.4 Å². The van der Waals surface area contributed by atoms with Crippen LogP contribution in [0.2, 0.25) is 15.1 Å². The van der Waals surface area contributed by atoms with E-state index in [-0.39, 0.29) is 40.4 Å². The maximum absolute atomic E-state index is 14.7. The average molecular weight is 717 g/mol. The van der Waals surface area contributed by atoms with E-state index >= 15 is 0 Å². The molecule has 4 aromatic carbocycles. The van der Waals surface area contributed by atoms with Gasteiger partial charge in [0, 0.05) is 39.6 Å². The Morgan fingerprint density at radius 2 is 1.49 bits per heavy atom. The van der Waals surface area contributed by atoms with Crippen molar-refractivity contribution in [2.75, 3.05) is 18.0 Å². The van der Waals surface area contributed by atoms with Gasteiger partial charge in [0.15, 0.2) is 0 Å². The van der Waals surface area contributed by atoms with Gasteiger partial charge in [0.25, 0.3) is 10.0 Å². The van der Waals surface area contributed by atoms with Crippen molar-refractivity contribution < 1.29 is 22.7 Å². The second-order valence-corrected chi connectivity index (χ2v) is 14.0. The fraction of sp³-hybridized carbons (Fsp3) is 0.257. The van der Waals surface area contributed by atoms with Crippen LogP contribution >= 0.6 is 34.8 Å². The second kappa shape index (κ2) is 16.4. The van der Waals surface area contributed by atoms with E-state index in [1.54, 1.807) is 42.5 Å². The van der Waals surface area contributed by atoms with Crippen LogP contribution in [0.3, 0.4) is 0 Å². The summed E-state index contributed by atoms with van der Waals surface area (Å²) in [4.78, 5) is 30.0. The summed E-state index contributed by atoms with van der Waals surface area (Å²) >= 11 is 19.5. The molecule has 0 unspecified atom stereocenters. The minimum absolute atomic E-state index is 0.0501. The van der Waals surface area contributed by atoms with Crippen molar-refractivity contribution in [1.29, 1.82) is 0 Å². The number of halogens is 3. The number of nitrogens with one attached hydrogen (secondary N) is 1. The van der Waals surface area contributed by atoms with Crippen molar-refractivity contribution in [1.82, 2.24) is 10.2 Å². The Balaban J connectivity index is 1.88. The van der Waals surface area contributed by atoms with Crippen LogP contribution in [0.25, 0.3) is 0 Å². The van der Waals surface area contributed by atoms with Crippen LogP contribution in [-0.2, 0) is 32.6 Å². The standard InChI is InChI=1S/C35H36Cl3N3O5S/c1-4-24(2)39-35(43)32(20-25-12-7-5-8-13-25)40(22-28-29(37)16-11-17-30(28)38)34(42)23-41(31-21-26(36)18-19-33(31)46-3)47(44,45)27-14-9-6-10-15-27/h5-19,21,24,32H,4,20,22-23H2,1-3H3,(H,39,43)/t24-,32-/m0/s1. The lowest BCUT2D eigenvalue weighted by Crippen LogP contribution is -2.54. The highest BCUT2D eigenvalue weighted by Gasteiger charge is 2.36. The monoisotopic (exact) mass is 715 g/mol. The number of methoxy groups -OCH3 is 1. The van der Waals surface area contributed by atoms with Crippen LogP contribution in [0.1, 0.15) is 31.4 Å². The molecule has 2 atom stereocenters. The molecule has 0 aliphatic carbocycles. The van der Waals surface area contributed by atoms with Gasteiger partial charge in [-0.15, -0.1) is 0 Å². The molecule has 0 bridgehead atoms. The third kappa shape index (κ3) is 8.99. The Bertz CT molecular complexity index is 1770. The number of amides is 2. The maximum Gasteiger partial charge on any atom is 0.264 e. The van der Waals surface area contributed by atoms with E-state index in [9.17, 15) is 18.0 Å². The minimum atomic E-state index is -4.35. The Morgan fingerprint density at radius 1 is 0.872 bits per heavy atom. The lowest BCUT2D eigenvalue weighted by Gasteiger charge is -2.35. The molecule has 12 heteroatoms. The maximum atomic E-state index is 14.7. The van der Waals surface area contributed by atoms with Gasteiger partial charge in [-0.25, -0.2) is 8.42 Å². The molecule has 0 aromatic heterocycles. The van der Waals surface area contributed by atoms with Gasteiger partial charge in [-0.1, -0.05) is 96.3 Å². The van der Waals surface area contributed by atoms with Gasteiger partial charge in [-0.2, -0.15) is 0 Å². The number of carbonyl (C=O) groups excluding carboxylic acids is 2. The molecule has 2 amide bonds. The molecule has 47 heavy (non-hydrogen) atoms. The van der Waals surface area contributed by atoms with Gasteiger partial charge in [0.2, 0.25) is 11.8 Å². The van der Waals surface area contributed by atoms with E-state index in [0.29, 0.717) is 22.0 Å². The third-order valence-corrected chi connectivity index (χ3v) is 10.4. The molecule has 0 spiro atoms. The van der Waals surface area contributed by atoms with Crippen molar-refractivity contribution in [2.24, 2.45) is 0 Å². The first kappa shape index (κ1) is 36.1. The molecule has 0 fully saturated rings. The van der Waals surface area contributed by atoms with Gasteiger partial charge < -0.3 is 15.0 Å². The van der Waals surface area contributed by atoms with Crippen molar-refractivity contribution in [2.45, 2.75) is 50.2 Å². The van der Waals surface area contributed by atoms with Gasteiger partial charge >= 0.3 is 0 Å². The summed E-state index contributed by atoms with van der Waals surface area (Å²) in [6.07, 6.45) is 0.800. The second-order valence-electron chi connectivity index (χ2n) is 10.9. The number of carbonyl (C=O) groups is 2. The Morgan fingerprint density at radius 3 is 2.09 bits per heavy atom. The Labute approximate surface area is 291 Å². The van der Waals surface area contributed by atoms with Crippen molar-refractivity contribution >= 4 is 62.3 Å². The predicted molar refractivity (Wildman–Crippen MR) is 188 cm³/mol. The summed E-state index contributed by atoms with van der Waals surface area (Å²) < 4.78 is 35.0. The van der Waals surface area contributed by atoms with E-state index in [1.165, 1.54) is 36.3 Å². The van der Waals surface area contributed by atoms with Gasteiger partial charge in [0.1, 0.15) is 18.3 Å². The first-order chi connectivity index (χ1) is 22.5. The molecule has 0 aliphatic rings. The smallest absolute Gasteiger partial charge is 0.264 e. The Hall–Kier alpha value is -3.76. The zero-order valence-corrected chi connectivity index (χ0v) is 29.3. The van der Waals surface area contributed by atoms with Crippen LogP contribution in [-0.4, -0.2) is 50.9 Å². The number of benzene rings is 4. The number of sulfonamides is 1. The summed E-state index contributed by atoms with van der Waals surface area (Å²) in [6, 6.07) is 25.2. The zero-order chi connectivity index (χ0) is 34.1. The number of ether oxygens (including phenoxy) is 1. The predicted octanol–water partition coefficient (Wildman–Crippen LogP) is 7.41. The molecule has 4 aromatic rings. The van der Waals surface area contributed by atoms with E-state index in [0.717, 1.165) is 9.87 Å². The molecule has 0 saturated carbocycles. The molecular formula is C35H36Cl3N3O5S. The van der Waals surface area contributed by atoms with Crippen LogP contribution in [0.4, 0.5) is 5.69 Å². The largest absolute Gasteiger partial charge is 0.495 e. The molecule has 8 nitrogen and oxygen atoms in total. The van der Waals surface area contributed by atoms with Crippen LogP contribution in [0.5, 0.6) is 5.75 Å². The van der Waals surface area contributed by atoms with Gasteiger partial charge in [-0.3, -0.25) is 13.9 Å². The normalized spacial score (nSPS) is 12.6. The molecule has 4 rings (SSSR count). The molecule has 0 saturated heterocycles. The molecule has 0 aliphatic heterocycles. The third-order valence-electron chi connectivity index (χ3n) is 7.68. The first-order valence-corrected chi connectivity index (χ1v) is 17.5. The molecule has 0 heterocycles. The van der Waals surface area contributed by atoms with Crippen LogP contribution < -0.4 is 14.4 Å². The quantitative estimate of drug-likeness (QED) is 0.147. The molecular weight excluding hydrogens is 681 g/mol. The Kier molecular flexibility index (Phi) is 12.6. The van der Waals surface area contributed by atoms with Crippen molar-refractivity contribution in [3.8, 4) is 5.75 Å². The number of nitrogens with zero attached hydrogens (tertiary/aromatic N) is 2. The number of anilines is 1. The van der Waals surface area contributed by atoms with E-state index in [4.69, 9.17) is 39.5 Å². The van der Waals surface area contributed by atoms with E-state index < -0.39 is 34.4 Å². The highest BCUT2D eigenvalue weighted by atomic mass is 35.5. The topological polar surface area (TPSA) is 96.0 Å². The van der Waals surface area contributed by atoms with E-state index in [2.05, 4.69) is 5.32 Å². The summed E-state index contributed by atoms with van der Waals surface area (Å²) in [5, 5.41) is 3.82. The SMILES string of the molecule is CC[C@H](C)NC(=O)[C@H](Cc1ccccc1)N(Cc1c(Cl)cccc1Cl)C(=O)CN(c1cc(Cl)ccc1OC)S(=O)(=O)c1ccccc1. The lowest BCUT2D eigenvalue weighted by atomic mass is 10.0. The van der Waals surface area contributed by atoms with E-state index in [1.807, 2.05) is 44.2 Å². The van der Waals surface area contributed by atoms with Crippen molar-refractivity contribution in [3.63, 3.8) is 0 Å². The number of hydrogen-bond donors (Lipinski definition) is 1. The van der Waals surface area contributed by atoms with Gasteiger partial charge in [0.05, 0.1) is 17.7 Å². The average Bonchev–Trinajstić information content (AvgIpc) is 3.06. The molecule has 0 radical (unpaired) electrons. The molecule has 248 valence electrons. The summed E-state index contributed by atoms with van der Waals surface area (Å²) in [5.41, 5.74) is 1.26. The van der Waals surface area contributed by atoms with Crippen LogP contribution in [0, 0.1) is 0 Å². The highest BCUT2D eigenvalue weighted by Crippen LogP contribution is 2.35. The fourth-order valence-electron chi connectivity index (χ4n) is 4.94. The lowest BCUT2D eigenvalue weighted by molar-refractivity contribution is -0.140. The van der Waals surface area contributed by atoms with Crippen LogP contribution in [0.15, 0.2) is 102 Å². The molecule has 1 N–H and O–H groups in total. The fourth-order valence-corrected chi connectivity index (χ4v) is 7.06. The highest BCUT2D eigenvalue weighted by molar-refractivity contribution is 7.92. The number of hydrogen-bond acceptors (Lipinski definition) is 5. The van der Waals surface area contributed by atoms with Crippen molar-refractivity contribution in [3.05, 3.63) is 123 Å². The summed E-state index contributed by atoms with van der Waals surface area (Å²) in [5.74, 6) is -0.905.